The van der Waals surface area contributed by atoms with Gasteiger partial charge in [-0.15, -0.1) is 10.2 Å². The Morgan fingerprint density at radius 3 is 2.37 bits per heavy atom. The number of methoxy groups -OCH3 is 2. The first kappa shape index (κ1) is 31.5. The average molecular weight is 672 g/mol. The molecule has 1 aromatic carbocycles. The second kappa shape index (κ2) is 11.2. The highest BCUT2D eigenvalue weighted by atomic mass is 79.9. The topological polar surface area (TPSA) is 97.2 Å². The second-order valence-corrected chi connectivity index (χ2v) is 13.0. The lowest BCUT2D eigenvalue weighted by Gasteiger charge is -2.62. The maximum atomic E-state index is 13.6. The lowest BCUT2D eigenvalue weighted by molar-refractivity contribution is -0.239. The minimum atomic E-state index is -4.55. The first-order valence-electron chi connectivity index (χ1n) is 13.6. The zero-order chi connectivity index (χ0) is 31.4. The molecular weight excluding hydrogens is 637 g/mol. The Kier molecular flexibility index (Phi) is 8.20. The number of alkyl halides is 3. The fourth-order valence-corrected chi connectivity index (χ4v) is 6.61. The summed E-state index contributed by atoms with van der Waals surface area (Å²) in [6.45, 7) is 7.58. The molecule has 1 aliphatic carbocycles. The summed E-state index contributed by atoms with van der Waals surface area (Å²) >= 11 is 3.64. The van der Waals surface area contributed by atoms with Gasteiger partial charge < -0.3 is 33.2 Å². The third-order valence-electron chi connectivity index (χ3n) is 7.63. The highest BCUT2D eigenvalue weighted by molar-refractivity contribution is 9.10. The van der Waals surface area contributed by atoms with Gasteiger partial charge in [-0.2, -0.15) is 13.2 Å². The van der Waals surface area contributed by atoms with Crippen molar-refractivity contribution < 1.29 is 41.7 Å². The summed E-state index contributed by atoms with van der Waals surface area (Å²) in [7, 11) is 2.93. The normalized spacial score (nSPS) is 22.0. The first-order chi connectivity index (χ1) is 20.1. The van der Waals surface area contributed by atoms with Gasteiger partial charge >= 0.3 is 12.3 Å². The summed E-state index contributed by atoms with van der Waals surface area (Å²) in [4.78, 5) is 14.8. The van der Waals surface area contributed by atoms with Gasteiger partial charge in [0.05, 0.1) is 28.9 Å². The Balaban J connectivity index is 1.55. The van der Waals surface area contributed by atoms with Crippen molar-refractivity contribution in [1.29, 1.82) is 0 Å². The molecule has 2 bridgehead atoms. The van der Waals surface area contributed by atoms with Gasteiger partial charge in [-0.25, -0.2) is 4.79 Å². The van der Waals surface area contributed by atoms with Crippen molar-refractivity contribution in [2.24, 2.45) is 0 Å². The number of rotatable bonds is 8. The SMILES string of the molecule is COCOc1cc(C(F)(F)F)cc(C)c1-c1cc2c(Br)cn(C34CN(C(=O)OC(C)(C)C)CC(OCOC)(C3)C4)c2nn1. The number of hydrogen-bond donors (Lipinski definition) is 0. The van der Waals surface area contributed by atoms with Crippen molar-refractivity contribution in [3.05, 3.63) is 40.0 Å². The van der Waals surface area contributed by atoms with E-state index in [0.29, 0.717) is 58.3 Å². The predicted octanol–water partition coefficient (Wildman–Crippen LogP) is 6.27. The van der Waals surface area contributed by atoms with Crippen LogP contribution in [-0.2, 0) is 30.7 Å². The Morgan fingerprint density at radius 2 is 1.74 bits per heavy atom. The molecule has 6 rings (SSSR count). The van der Waals surface area contributed by atoms with Crippen LogP contribution in [0.25, 0.3) is 22.3 Å². The Hall–Kier alpha value is -2.94. The number of nitrogens with zero attached hydrogens (tertiary/aromatic N) is 4. The van der Waals surface area contributed by atoms with E-state index in [0.717, 1.165) is 12.1 Å². The van der Waals surface area contributed by atoms with Crippen LogP contribution >= 0.6 is 15.9 Å². The summed E-state index contributed by atoms with van der Waals surface area (Å²) in [6, 6.07) is 3.76. The van der Waals surface area contributed by atoms with Crippen LogP contribution in [0, 0.1) is 6.92 Å². The minimum Gasteiger partial charge on any atom is -0.467 e. The van der Waals surface area contributed by atoms with Gasteiger partial charge in [0, 0.05) is 55.2 Å². The Morgan fingerprint density at radius 1 is 1.05 bits per heavy atom. The van der Waals surface area contributed by atoms with Crippen LogP contribution < -0.4 is 4.74 Å². The molecule has 1 amide bonds. The number of fused-ring (bicyclic) bond motifs is 3. The van der Waals surface area contributed by atoms with Crippen molar-refractivity contribution in [2.75, 3.05) is 40.9 Å². The zero-order valence-electron chi connectivity index (χ0n) is 24.8. The molecule has 234 valence electrons. The van der Waals surface area contributed by atoms with Crippen molar-refractivity contribution in [1.82, 2.24) is 19.7 Å². The monoisotopic (exact) mass is 670 g/mol. The van der Waals surface area contributed by atoms with E-state index in [4.69, 9.17) is 23.7 Å². The largest absolute Gasteiger partial charge is 0.467 e. The molecule has 43 heavy (non-hydrogen) atoms. The van der Waals surface area contributed by atoms with Crippen LogP contribution in [0.1, 0.15) is 44.7 Å². The molecule has 0 atom stereocenters. The first-order valence-corrected chi connectivity index (χ1v) is 14.4. The van der Waals surface area contributed by atoms with Gasteiger partial charge in [0.2, 0.25) is 0 Å². The molecule has 3 aromatic rings. The van der Waals surface area contributed by atoms with Gasteiger partial charge in [0.15, 0.2) is 12.4 Å². The molecule has 2 saturated heterocycles. The molecule has 14 heteroatoms. The zero-order valence-corrected chi connectivity index (χ0v) is 26.4. The van der Waals surface area contributed by atoms with E-state index >= 15 is 0 Å². The number of amides is 1. The van der Waals surface area contributed by atoms with Gasteiger partial charge in [0.25, 0.3) is 0 Å². The van der Waals surface area contributed by atoms with Crippen LogP contribution in [0.4, 0.5) is 18.0 Å². The van der Waals surface area contributed by atoms with Crippen molar-refractivity contribution in [3.63, 3.8) is 0 Å². The van der Waals surface area contributed by atoms with Gasteiger partial charge in [0.1, 0.15) is 18.1 Å². The molecule has 2 aliphatic heterocycles. The summed E-state index contributed by atoms with van der Waals surface area (Å²) in [5.74, 6) is -0.0173. The van der Waals surface area contributed by atoms with E-state index in [2.05, 4.69) is 26.1 Å². The molecule has 3 aliphatic rings. The van der Waals surface area contributed by atoms with Crippen molar-refractivity contribution in [2.45, 2.75) is 63.5 Å². The number of ether oxygens (including phenoxy) is 5. The summed E-state index contributed by atoms with van der Waals surface area (Å²) in [6.07, 6.45) is -1.89. The smallest absolute Gasteiger partial charge is 0.416 e. The number of aryl methyl sites for hydroxylation is 1. The van der Waals surface area contributed by atoms with Crippen LogP contribution in [-0.4, -0.2) is 77.9 Å². The number of carbonyl (C=O) groups excluding carboxylic acids is 1. The highest BCUT2D eigenvalue weighted by Crippen LogP contribution is 2.55. The summed E-state index contributed by atoms with van der Waals surface area (Å²) in [5.41, 5.74) is -1.09. The molecule has 0 spiro atoms. The third-order valence-corrected chi connectivity index (χ3v) is 8.26. The molecule has 2 aromatic heterocycles. The van der Waals surface area contributed by atoms with Crippen LogP contribution in [0.2, 0.25) is 0 Å². The number of hydrogen-bond acceptors (Lipinski definition) is 8. The quantitative estimate of drug-likeness (QED) is 0.259. The molecule has 0 unspecified atom stereocenters. The molecule has 1 saturated carbocycles. The van der Waals surface area contributed by atoms with E-state index in [1.54, 1.807) is 25.0 Å². The molecule has 3 fully saturated rings. The van der Waals surface area contributed by atoms with Crippen molar-refractivity contribution in [3.8, 4) is 17.0 Å². The van der Waals surface area contributed by atoms with Crippen molar-refractivity contribution >= 4 is 33.1 Å². The Bertz CT molecular complexity index is 1530. The van der Waals surface area contributed by atoms with Crippen LogP contribution in [0.5, 0.6) is 5.75 Å². The maximum absolute atomic E-state index is 13.6. The molecule has 4 heterocycles. The molecule has 0 N–H and O–H groups in total. The predicted molar refractivity (Wildman–Crippen MR) is 154 cm³/mol. The second-order valence-electron chi connectivity index (χ2n) is 12.2. The van der Waals surface area contributed by atoms with E-state index in [1.807, 2.05) is 31.5 Å². The molecule has 10 nitrogen and oxygen atoms in total. The standard InChI is InChI=1S/C29H34BrF3N4O6/c1-17-7-18(29(31,32)33)8-22(41-15-39-5)23(17)21-9-19-20(30)10-37(24(19)35-34-21)27-11-28(12-27,42-16-40-6)14-36(13-27)25(38)43-26(2,3)4/h7-10H,11-16H2,1-6H3. The van der Waals surface area contributed by atoms with E-state index < -0.39 is 34.6 Å². The number of carbonyl (C=O) groups is 1. The van der Waals surface area contributed by atoms with Gasteiger partial charge in [-0.3, -0.25) is 0 Å². The maximum Gasteiger partial charge on any atom is 0.416 e. The number of benzene rings is 1. The number of aromatic nitrogens is 3. The lowest BCUT2D eigenvalue weighted by Crippen LogP contribution is -2.73. The fraction of sp³-hybridized carbons (Fsp3) is 0.552. The van der Waals surface area contributed by atoms with Gasteiger partial charge in [-0.1, -0.05) is 0 Å². The highest BCUT2D eigenvalue weighted by Gasteiger charge is 2.63. The van der Waals surface area contributed by atoms with E-state index in [-0.39, 0.29) is 19.3 Å². The minimum absolute atomic E-state index is 0.0173. The Labute approximate surface area is 255 Å². The van der Waals surface area contributed by atoms with Crippen LogP contribution in [0.3, 0.4) is 0 Å². The fourth-order valence-electron chi connectivity index (χ4n) is 6.11. The summed E-state index contributed by atoms with van der Waals surface area (Å²) in [5, 5.41) is 9.68. The van der Waals surface area contributed by atoms with E-state index in [1.165, 1.54) is 7.11 Å². The lowest BCUT2D eigenvalue weighted by atomic mass is 9.61. The molecule has 0 radical (unpaired) electrons. The van der Waals surface area contributed by atoms with Gasteiger partial charge in [-0.05, 0) is 67.4 Å². The number of piperidine rings is 2. The summed E-state index contributed by atoms with van der Waals surface area (Å²) < 4.78 is 70.9. The van der Waals surface area contributed by atoms with E-state index in [9.17, 15) is 18.0 Å². The van der Waals surface area contributed by atoms with Crippen LogP contribution in [0.15, 0.2) is 28.9 Å². The average Bonchev–Trinajstić information content (AvgIpc) is 3.24. The third kappa shape index (κ3) is 6.06. The molecular formula is C29H34BrF3N4O6. The number of halogens is 4.